The lowest BCUT2D eigenvalue weighted by molar-refractivity contribution is 0.610. The maximum Gasteiger partial charge on any atom is 0.145 e. The molecule has 11 heavy (non-hydrogen) atoms. The summed E-state index contributed by atoms with van der Waals surface area (Å²) in [5.41, 5.74) is 5.59. The number of aromatic nitrogens is 1. The van der Waals surface area contributed by atoms with Gasteiger partial charge in [-0.2, -0.15) is 5.26 Å². The minimum Gasteiger partial charge on any atom is -0.383 e. The molecule has 0 aliphatic carbocycles. The number of halogens is 1. The summed E-state index contributed by atoms with van der Waals surface area (Å²) in [4.78, 5) is 3.62. The number of nitriles is 1. The quantitative estimate of drug-likeness (QED) is 0.601. The average molecular weight is 151 g/mol. The van der Waals surface area contributed by atoms with Crippen LogP contribution in [0.3, 0.4) is 0 Å². The number of rotatable bonds is 0. The Balaban J connectivity index is 3.35. The number of nitrogen functional groups attached to an aromatic ring is 1. The second-order valence-electron chi connectivity index (χ2n) is 2.10. The van der Waals surface area contributed by atoms with Crippen LogP contribution in [-0.2, 0) is 0 Å². The van der Waals surface area contributed by atoms with Gasteiger partial charge in [-0.25, -0.2) is 9.37 Å². The van der Waals surface area contributed by atoms with Crippen LogP contribution in [0, 0.1) is 24.1 Å². The van der Waals surface area contributed by atoms with E-state index in [-0.39, 0.29) is 17.1 Å². The molecule has 3 nitrogen and oxygen atoms in total. The van der Waals surface area contributed by atoms with E-state index < -0.39 is 5.82 Å². The van der Waals surface area contributed by atoms with E-state index in [1.807, 2.05) is 0 Å². The van der Waals surface area contributed by atoms with Crippen molar-refractivity contribution in [3.05, 3.63) is 23.1 Å². The van der Waals surface area contributed by atoms with Crippen molar-refractivity contribution in [2.45, 2.75) is 6.92 Å². The zero-order valence-electron chi connectivity index (χ0n) is 5.93. The van der Waals surface area contributed by atoms with Crippen LogP contribution in [0.25, 0.3) is 0 Å². The van der Waals surface area contributed by atoms with Gasteiger partial charge in [-0.05, 0) is 13.0 Å². The molecule has 1 rings (SSSR count). The van der Waals surface area contributed by atoms with Crippen LogP contribution in [0.5, 0.6) is 0 Å². The molecule has 0 bridgehead atoms. The monoisotopic (exact) mass is 151 g/mol. The van der Waals surface area contributed by atoms with Gasteiger partial charge in [-0.15, -0.1) is 0 Å². The Bertz CT molecular complexity index is 327. The number of anilines is 1. The van der Waals surface area contributed by atoms with Crippen molar-refractivity contribution in [2.24, 2.45) is 0 Å². The first-order valence-electron chi connectivity index (χ1n) is 2.98. The summed E-state index contributed by atoms with van der Waals surface area (Å²) < 4.78 is 12.7. The summed E-state index contributed by atoms with van der Waals surface area (Å²) in [6.45, 7) is 1.49. The largest absolute Gasteiger partial charge is 0.383 e. The Hall–Kier alpha value is -1.63. The molecule has 1 heterocycles. The maximum atomic E-state index is 12.7. The molecule has 0 atom stereocenters. The van der Waals surface area contributed by atoms with Crippen LogP contribution >= 0.6 is 0 Å². The highest BCUT2D eigenvalue weighted by Crippen LogP contribution is 2.11. The van der Waals surface area contributed by atoms with Gasteiger partial charge in [0, 0.05) is 0 Å². The van der Waals surface area contributed by atoms with E-state index >= 15 is 0 Å². The van der Waals surface area contributed by atoms with Gasteiger partial charge in [-0.3, -0.25) is 0 Å². The highest BCUT2D eigenvalue weighted by atomic mass is 19.1. The van der Waals surface area contributed by atoms with E-state index in [9.17, 15) is 4.39 Å². The summed E-state index contributed by atoms with van der Waals surface area (Å²) in [6.07, 6.45) is 0. The van der Waals surface area contributed by atoms with E-state index in [1.54, 1.807) is 6.07 Å². The lowest BCUT2D eigenvalue weighted by Gasteiger charge is -1.98. The Morgan fingerprint density at radius 2 is 2.36 bits per heavy atom. The van der Waals surface area contributed by atoms with Crippen molar-refractivity contribution in [3.63, 3.8) is 0 Å². The number of pyridine rings is 1. The minimum atomic E-state index is -0.504. The summed E-state index contributed by atoms with van der Waals surface area (Å²) >= 11 is 0. The van der Waals surface area contributed by atoms with Crippen LogP contribution in [0.15, 0.2) is 6.07 Å². The first-order chi connectivity index (χ1) is 5.15. The van der Waals surface area contributed by atoms with E-state index in [2.05, 4.69) is 4.98 Å². The lowest BCUT2D eigenvalue weighted by Crippen LogP contribution is -1.98. The number of nitrogens with zero attached hydrogens (tertiary/aromatic N) is 2. The first kappa shape index (κ1) is 7.48. The van der Waals surface area contributed by atoms with Crippen LogP contribution in [0.2, 0.25) is 0 Å². The molecule has 1 aromatic heterocycles. The highest BCUT2D eigenvalue weighted by Gasteiger charge is 2.04. The third kappa shape index (κ3) is 1.27. The van der Waals surface area contributed by atoms with Gasteiger partial charge in [0.05, 0.1) is 11.3 Å². The zero-order chi connectivity index (χ0) is 8.43. The molecule has 0 unspecified atom stereocenters. The molecular weight excluding hydrogens is 145 g/mol. The SMILES string of the molecule is Cc1nc(N)c(C#N)cc1F. The summed E-state index contributed by atoms with van der Waals surface area (Å²) in [6, 6.07) is 2.82. The molecule has 0 saturated carbocycles. The van der Waals surface area contributed by atoms with Crippen molar-refractivity contribution >= 4 is 5.82 Å². The molecule has 0 radical (unpaired) electrons. The molecule has 0 saturated heterocycles. The van der Waals surface area contributed by atoms with E-state index in [0.717, 1.165) is 6.07 Å². The van der Waals surface area contributed by atoms with Gasteiger partial charge < -0.3 is 5.73 Å². The average Bonchev–Trinajstić information content (AvgIpc) is 1.97. The molecule has 0 aromatic carbocycles. The van der Waals surface area contributed by atoms with Crippen molar-refractivity contribution in [3.8, 4) is 6.07 Å². The third-order valence-electron chi connectivity index (χ3n) is 1.30. The van der Waals surface area contributed by atoms with Crippen LogP contribution in [-0.4, -0.2) is 4.98 Å². The molecule has 1 aromatic rings. The number of nitrogens with two attached hydrogens (primary N) is 1. The summed E-state index contributed by atoms with van der Waals surface area (Å²) in [7, 11) is 0. The standard InChI is InChI=1S/C7H6FN3/c1-4-6(8)2-5(3-9)7(10)11-4/h2H,1H3,(H2,10,11). The fourth-order valence-electron chi connectivity index (χ4n) is 0.689. The number of hydrogen-bond donors (Lipinski definition) is 1. The minimum absolute atomic E-state index is 0.0754. The number of aryl methyl sites for hydroxylation is 1. The molecule has 0 fully saturated rings. The molecular formula is C7H6FN3. The van der Waals surface area contributed by atoms with E-state index in [0.29, 0.717) is 0 Å². The predicted octanol–water partition coefficient (Wildman–Crippen LogP) is 0.983. The Labute approximate surface area is 63.3 Å². The molecule has 4 heteroatoms. The smallest absolute Gasteiger partial charge is 0.145 e. The number of hydrogen-bond acceptors (Lipinski definition) is 3. The second-order valence-corrected chi connectivity index (χ2v) is 2.10. The van der Waals surface area contributed by atoms with E-state index in [1.165, 1.54) is 6.92 Å². The van der Waals surface area contributed by atoms with Crippen molar-refractivity contribution < 1.29 is 4.39 Å². The molecule has 0 spiro atoms. The van der Waals surface area contributed by atoms with Crippen LogP contribution in [0.1, 0.15) is 11.3 Å². The first-order valence-corrected chi connectivity index (χ1v) is 2.98. The molecule has 56 valence electrons. The van der Waals surface area contributed by atoms with Gasteiger partial charge in [0.1, 0.15) is 17.7 Å². The van der Waals surface area contributed by atoms with Crippen molar-refractivity contribution in [2.75, 3.05) is 5.73 Å². The van der Waals surface area contributed by atoms with Crippen LogP contribution in [0.4, 0.5) is 10.2 Å². The normalized spacial score (nSPS) is 9.18. The lowest BCUT2D eigenvalue weighted by atomic mass is 10.2. The molecule has 0 amide bonds. The van der Waals surface area contributed by atoms with Crippen molar-refractivity contribution in [1.29, 1.82) is 5.26 Å². The van der Waals surface area contributed by atoms with Crippen molar-refractivity contribution in [1.82, 2.24) is 4.98 Å². The maximum absolute atomic E-state index is 12.7. The summed E-state index contributed by atoms with van der Waals surface area (Å²) in [5.74, 6) is -0.429. The second kappa shape index (κ2) is 2.54. The summed E-state index contributed by atoms with van der Waals surface area (Å²) in [5, 5.41) is 8.40. The molecule has 2 N–H and O–H groups in total. The van der Waals surface area contributed by atoms with Gasteiger partial charge in [0.2, 0.25) is 0 Å². The zero-order valence-corrected chi connectivity index (χ0v) is 5.93. The Morgan fingerprint density at radius 1 is 1.73 bits per heavy atom. The molecule has 0 aliphatic heterocycles. The van der Waals surface area contributed by atoms with Gasteiger partial charge >= 0.3 is 0 Å². The van der Waals surface area contributed by atoms with Gasteiger partial charge in [0.25, 0.3) is 0 Å². The fourth-order valence-corrected chi connectivity index (χ4v) is 0.689. The van der Waals surface area contributed by atoms with Gasteiger partial charge in [-0.1, -0.05) is 0 Å². The Morgan fingerprint density at radius 3 is 2.91 bits per heavy atom. The van der Waals surface area contributed by atoms with Gasteiger partial charge in [0.15, 0.2) is 0 Å². The van der Waals surface area contributed by atoms with Crippen LogP contribution < -0.4 is 5.73 Å². The topological polar surface area (TPSA) is 62.7 Å². The molecule has 0 aliphatic rings. The van der Waals surface area contributed by atoms with E-state index in [4.69, 9.17) is 11.0 Å². The predicted molar refractivity (Wildman–Crippen MR) is 38.1 cm³/mol. The highest BCUT2D eigenvalue weighted by molar-refractivity contribution is 5.48. The fraction of sp³-hybridized carbons (Fsp3) is 0.143. The Kier molecular flexibility index (Phi) is 1.73. The third-order valence-corrected chi connectivity index (χ3v) is 1.30.